The molecule has 0 aromatic carbocycles. The molecule has 2 heterocycles. The van der Waals surface area contributed by atoms with Crippen molar-refractivity contribution in [2.45, 2.75) is 32.2 Å². The van der Waals surface area contributed by atoms with Gasteiger partial charge >= 0.3 is 0 Å². The Hall–Kier alpha value is -1.92. The first-order valence-corrected chi connectivity index (χ1v) is 6.51. The van der Waals surface area contributed by atoms with E-state index in [1.165, 1.54) is 0 Å². The fraction of sp³-hybridized carbons (Fsp3) is 0.667. The minimum Gasteiger partial charge on any atom is -0.342 e. The molecule has 102 valence electrons. The van der Waals surface area contributed by atoms with Gasteiger partial charge in [0, 0.05) is 13.0 Å². The second-order valence-electron chi connectivity index (χ2n) is 5.13. The lowest BCUT2D eigenvalue weighted by atomic mass is 10.1. The molecule has 1 atom stereocenters. The van der Waals surface area contributed by atoms with Crippen molar-refractivity contribution in [1.82, 2.24) is 20.4 Å². The Morgan fingerprint density at radius 1 is 1.42 bits per heavy atom. The van der Waals surface area contributed by atoms with Gasteiger partial charge in [0.25, 0.3) is 0 Å². The number of aryl methyl sites for hydroxylation is 1. The van der Waals surface area contributed by atoms with E-state index in [0.29, 0.717) is 30.6 Å². The molecule has 0 radical (unpaired) electrons. The van der Waals surface area contributed by atoms with Crippen molar-refractivity contribution >= 4 is 11.8 Å². The summed E-state index contributed by atoms with van der Waals surface area (Å²) in [6, 6.07) is -0.328. The third kappa shape index (κ3) is 2.59. The van der Waals surface area contributed by atoms with Gasteiger partial charge in [-0.1, -0.05) is 5.16 Å². The Kier molecular flexibility index (Phi) is 2.96. The van der Waals surface area contributed by atoms with E-state index in [1.54, 1.807) is 11.8 Å². The Labute approximate surface area is 110 Å². The summed E-state index contributed by atoms with van der Waals surface area (Å²) >= 11 is 0. The van der Waals surface area contributed by atoms with Crippen molar-refractivity contribution in [2.75, 3.05) is 13.1 Å². The van der Waals surface area contributed by atoms with Gasteiger partial charge in [-0.05, 0) is 25.7 Å². The Morgan fingerprint density at radius 3 is 2.84 bits per heavy atom. The number of nitrogens with zero attached hydrogens (tertiary/aromatic N) is 3. The van der Waals surface area contributed by atoms with Gasteiger partial charge in [-0.2, -0.15) is 4.98 Å². The zero-order valence-electron chi connectivity index (χ0n) is 10.8. The van der Waals surface area contributed by atoms with Crippen molar-refractivity contribution in [3.63, 3.8) is 0 Å². The van der Waals surface area contributed by atoms with Gasteiger partial charge in [0.05, 0.1) is 6.54 Å². The smallest absolute Gasteiger partial charge is 0.245 e. The summed E-state index contributed by atoms with van der Waals surface area (Å²) in [4.78, 5) is 29.5. The molecule has 1 N–H and O–H groups in total. The van der Waals surface area contributed by atoms with Crippen LogP contribution >= 0.6 is 0 Å². The number of hydrogen-bond donors (Lipinski definition) is 1. The molecule has 1 aromatic heterocycles. The van der Waals surface area contributed by atoms with Crippen LogP contribution in [0, 0.1) is 12.8 Å². The first-order chi connectivity index (χ1) is 9.13. The SMILES string of the molecule is Cc1noc(CCN2CC(=O)NC(C3CC3)C2=O)n1. The van der Waals surface area contributed by atoms with E-state index in [4.69, 9.17) is 4.52 Å². The number of carbonyl (C=O) groups excluding carboxylic acids is 2. The Balaban J connectivity index is 1.62. The molecule has 0 bridgehead atoms. The largest absolute Gasteiger partial charge is 0.342 e. The number of piperazine rings is 1. The second kappa shape index (κ2) is 4.64. The number of rotatable bonds is 4. The number of aromatic nitrogens is 2. The zero-order chi connectivity index (χ0) is 13.4. The van der Waals surface area contributed by atoms with E-state index in [9.17, 15) is 9.59 Å². The lowest BCUT2D eigenvalue weighted by molar-refractivity contribution is -0.144. The predicted octanol–water partition coefficient (Wildman–Crippen LogP) is -0.342. The third-order valence-electron chi connectivity index (χ3n) is 3.49. The zero-order valence-corrected chi connectivity index (χ0v) is 10.8. The average Bonchev–Trinajstić information content (AvgIpc) is 3.13. The van der Waals surface area contributed by atoms with Crippen LogP contribution in [0.4, 0.5) is 0 Å². The molecule has 1 aromatic rings. The summed E-state index contributed by atoms with van der Waals surface area (Å²) in [5, 5.41) is 6.48. The van der Waals surface area contributed by atoms with Crippen LogP contribution in [0.1, 0.15) is 24.6 Å². The average molecular weight is 264 g/mol. The highest BCUT2D eigenvalue weighted by Crippen LogP contribution is 2.34. The van der Waals surface area contributed by atoms with Crippen LogP contribution in [0.25, 0.3) is 0 Å². The normalized spacial score (nSPS) is 23.6. The molecule has 7 heteroatoms. The van der Waals surface area contributed by atoms with Crippen LogP contribution in [-0.2, 0) is 16.0 Å². The lowest BCUT2D eigenvalue weighted by Gasteiger charge is -2.32. The molecule has 0 spiro atoms. The van der Waals surface area contributed by atoms with Crippen LogP contribution in [0.15, 0.2) is 4.52 Å². The van der Waals surface area contributed by atoms with Gasteiger partial charge in [0.15, 0.2) is 5.82 Å². The molecule has 1 saturated heterocycles. The highest BCUT2D eigenvalue weighted by molar-refractivity contribution is 5.95. The van der Waals surface area contributed by atoms with Gasteiger partial charge in [0.2, 0.25) is 17.7 Å². The van der Waals surface area contributed by atoms with E-state index in [2.05, 4.69) is 15.5 Å². The molecule has 2 amide bonds. The van der Waals surface area contributed by atoms with Crippen molar-refractivity contribution in [3.8, 4) is 0 Å². The molecule has 7 nitrogen and oxygen atoms in total. The van der Waals surface area contributed by atoms with Gasteiger partial charge in [0.1, 0.15) is 6.04 Å². The molecular formula is C12H16N4O3. The first-order valence-electron chi connectivity index (χ1n) is 6.51. The molecule has 1 aliphatic carbocycles. The van der Waals surface area contributed by atoms with Crippen LogP contribution in [0.2, 0.25) is 0 Å². The van der Waals surface area contributed by atoms with Crippen LogP contribution in [0.3, 0.4) is 0 Å². The van der Waals surface area contributed by atoms with Crippen molar-refractivity contribution in [2.24, 2.45) is 5.92 Å². The number of hydrogen-bond acceptors (Lipinski definition) is 5. The standard InChI is InChI=1S/C12H16N4O3/c1-7-13-10(19-15-7)4-5-16-6-9(17)14-11(12(16)18)8-2-3-8/h8,11H,2-6H2,1H3,(H,14,17). The minimum atomic E-state index is -0.328. The number of carbonyl (C=O) groups is 2. The van der Waals surface area contributed by atoms with E-state index in [1.807, 2.05) is 0 Å². The summed E-state index contributed by atoms with van der Waals surface area (Å²) in [7, 11) is 0. The fourth-order valence-corrected chi connectivity index (χ4v) is 2.34. The predicted molar refractivity (Wildman–Crippen MR) is 64.0 cm³/mol. The van der Waals surface area contributed by atoms with Crippen molar-refractivity contribution in [3.05, 3.63) is 11.7 Å². The molecule has 1 unspecified atom stereocenters. The molecule has 1 aliphatic heterocycles. The number of amides is 2. The molecule has 2 fully saturated rings. The Morgan fingerprint density at radius 2 is 2.21 bits per heavy atom. The Bertz CT molecular complexity index is 509. The van der Waals surface area contributed by atoms with Gasteiger partial charge in [-0.3, -0.25) is 9.59 Å². The number of nitrogens with one attached hydrogen (secondary N) is 1. The maximum Gasteiger partial charge on any atom is 0.245 e. The molecule has 19 heavy (non-hydrogen) atoms. The van der Waals surface area contributed by atoms with Gasteiger partial charge < -0.3 is 14.7 Å². The lowest BCUT2D eigenvalue weighted by Crippen LogP contribution is -2.59. The summed E-state index contributed by atoms with van der Waals surface area (Å²) in [6.45, 7) is 2.31. The monoisotopic (exact) mass is 264 g/mol. The quantitative estimate of drug-likeness (QED) is 0.803. The second-order valence-corrected chi connectivity index (χ2v) is 5.13. The minimum absolute atomic E-state index is 0.0123. The fourth-order valence-electron chi connectivity index (χ4n) is 2.34. The van der Waals surface area contributed by atoms with Crippen LogP contribution in [-0.4, -0.2) is 46.0 Å². The highest BCUT2D eigenvalue weighted by Gasteiger charge is 2.42. The molecule has 3 rings (SSSR count). The van der Waals surface area contributed by atoms with E-state index >= 15 is 0 Å². The third-order valence-corrected chi connectivity index (χ3v) is 3.49. The summed E-state index contributed by atoms with van der Waals surface area (Å²) in [6.07, 6.45) is 2.53. The van der Waals surface area contributed by atoms with Gasteiger partial charge in [-0.25, -0.2) is 0 Å². The maximum absolute atomic E-state index is 12.2. The van der Waals surface area contributed by atoms with Crippen molar-refractivity contribution < 1.29 is 14.1 Å². The van der Waals surface area contributed by atoms with Crippen LogP contribution in [0.5, 0.6) is 0 Å². The summed E-state index contributed by atoms with van der Waals surface area (Å²) in [5.74, 6) is 1.33. The summed E-state index contributed by atoms with van der Waals surface area (Å²) < 4.78 is 5.00. The molecule has 2 aliphatic rings. The first kappa shape index (κ1) is 12.1. The van der Waals surface area contributed by atoms with Crippen LogP contribution < -0.4 is 5.32 Å². The van der Waals surface area contributed by atoms with Gasteiger partial charge in [-0.15, -0.1) is 0 Å². The maximum atomic E-state index is 12.2. The van der Waals surface area contributed by atoms with Crippen molar-refractivity contribution in [1.29, 1.82) is 0 Å². The molecule has 1 saturated carbocycles. The van der Waals surface area contributed by atoms with E-state index in [-0.39, 0.29) is 24.4 Å². The van der Waals surface area contributed by atoms with E-state index in [0.717, 1.165) is 12.8 Å². The summed E-state index contributed by atoms with van der Waals surface area (Å²) in [5.41, 5.74) is 0. The van der Waals surface area contributed by atoms with E-state index < -0.39 is 0 Å². The topological polar surface area (TPSA) is 88.3 Å². The molecular weight excluding hydrogens is 248 g/mol. The highest BCUT2D eigenvalue weighted by atomic mass is 16.5.